The first-order chi connectivity index (χ1) is 11.5. The fourth-order valence-electron chi connectivity index (χ4n) is 1.95. The SMILES string of the molecule is CCOc1ccc(NC(=S)NC(=O)c2ccc(OC)c(Br)c2)cc1. The van der Waals surface area contributed by atoms with E-state index in [4.69, 9.17) is 21.7 Å². The highest BCUT2D eigenvalue weighted by Crippen LogP contribution is 2.25. The van der Waals surface area contributed by atoms with Crippen molar-refractivity contribution in [2.75, 3.05) is 19.0 Å². The first-order valence-corrected chi connectivity index (χ1v) is 8.42. The number of ether oxygens (including phenoxy) is 2. The van der Waals surface area contributed by atoms with Crippen molar-refractivity contribution in [3.05, 3.63) is 52.5 Å². The van der Waals surface area contributed by atoms with Gasteiger partial charge in [-0.1, -0.05) is 0 Å². The lowest BCUT2D eigenvalue weighted by atomic mass is 10.2. The largest absolute Gasteiger partial charge is 0.496 e. The van der Waals surface area contributed by atoms with Crippen LogP contribution in [0.4, 0.5) is 5.69 Å². The molecule has 0 fully saturated rings. The number of carbonyl (C=O) groups excluding carboxylic acids is 1. The zero-order chi connectivity index (χ0) is 17.5. The van der Waals surface area contributed by atoms with Gasteiger partial charge in [-0.25, -0.2) is 0 Å². The van der Waals surface area contributed by atoms with Crippen molar-refractivity contribution in [1.29, 1.82) is 0 Å². The molecule has 24 heavy (non-hydrogen) atoms. The van der Waals surface area contributed by atoms with Crippen molar-refractivity contribution < 1.29 is 14.3 Å². The van der Waals surface area contributed by atoms with E-state index in [1.54, 1.807) is 25.3 Å². The van der Waals surface area contributed by atoms with E-state index in [1.807, 2.05) is 31.2 Å². The summed E-state index contributed by atoms with van der Waals surface area (Å²) in [4.78, 5) is 12.2. The second kappa shape index (κ2) is 8.65. The summed E-state index contributed by atoms with van der Waals surface area (Å²) in [5.74, 6) is 1.13. The van der Waals surface area contributed by atoms with E-state index in [0.717, 1.165) is 11.4 Å². The van der Waals surface area contributed by atoms with Crippen LogP contribution in [0.15, 0.2) is 46.9 Å². The third-order valence-corrected chi connectivity index (χ3v) is 3.89. The standard InChI is InChI=1S/C17H17BrN2O3S/c1-3-23-13-7-5-12(6-8-13)19-17(24)20-16(21)11-4-9-15(22-2)14(18)10-11/h4-10H,3H2,1-2H3,(H2,19,20,21,24). The zero-order valence-electron chi connectivity index (χ0n) is 13.3. The number of thiocarbonyl (C=S) groups is 1. The summed E-state index contributed by atoms with van der Waals surface area (Å²) >= 11 is 8.52. The molecule has 0 aliphatic heterocycles. The van der Waals surface area contributed by atoms with Gasteiger partial charge >= 0.3 is 0 Å². The van der Waals surface area contributed by atoms with Crippen LogP contribution in [-0.4, -0.2) is 24.7 Å². The number of halogens is 1. The molecule has 0 saturated carbocycles. The van der Waals surface area contributed by atoms with Gasteiger partial charge in [0.1, 0.15) is 11.5 Å². The number of anilines is 1. The van der Waals surface area contributed by atoms with Gasteiger partial charge in [0.15, 0.2) is 5.11 Å². The topological polar surface area (TPSA) is 59.6 Å². The number of carbonyl (C=O) groups is 1. The van der Waals surface area contributed by atoms with Crippen LogP contribution in [0.5, 0.6) is 11.5 Å². The summed E-state index contributed by atoms with van der Waals surface area (Å²) in [5, 5.41) is 5.81. The van der Waals surface area contributed by atoms with Gasteiger partial charge in [0.25, 0.3) is 5.91 Å². The smallest absolute Gasteiger partial charge is 0.257 e. The van der Waals surface area contributed by atoms with Gasteiger partial charge < -0.3 is 14.8 Å². The molecule has 1 amide bonds. The molecule has 126 valence electrons. The van der Waals surface area contributed by atoms with Crippen molar-refractivity contribution in [2.45, 2.75) is 6.92 Å². The Morgan fingerprint density at radius 3 is 2.50 bits per heavy atom. The van der Waals surface area contributed by atoms with Crippen LogP contribution in [0.1, 0.15) is 17.3 Å². The molecule has 0 atom stereocenters. The Morgan fingerprint density at radius 2 is 1.92 bits per heavy atom. The molecule has 0 spiro atoms. The third-order valence-electron chi connectivity index (χ3n) is 3.06. The predicted octanol–water partition coefficient (Wildman–Crippen LogP) is 3.98. The Kier molecular flexibility index (Phi) is 6.57. The van der Waals surface area contributed by atoms with Gasteiger partial charge in [-0.2, -0.15) is 0 Å². The monoisotopic (exact) mass is 408 g/mol. The molecule has 0 aliphatic rings. The van der Waals surface area contributed by atoms with Crippen LogP contribution >= 0.6 is 28.1 Å². The maximum atomic E-state index is 12.2. The summed E-state index contributed by atoms with van der Waals surface area (Å²) in [6, 6.07) is 12.4. The quantitative estimate of drug-likeness (QED) is 0.732. The summed E-state index contributed by atoms with van der Waals surface area (Å²) in [6.07, 6.45) is 0. The van der Waals surface area contributed by atoms with E-state index in [1.165, 1.54) is 0 Å². The van der Waals surface area contributed by atoms with Gasteiger partial charge in [-0.15, -0.1) is 0 Å². The molecule has 0 aliphatic carbocycles. The number of benzene rings is 2. The van der Waals surface area contributed by atoms with Crippen LogP contribution < -0.4 is 20.1 Å². The minimum Gasteiger partial charge on any atom is -0.496 e. The highest BCUT2D eigenvalue weighted by atomic mass is 79.9. The lowest BCUT2D eigenvalue weighted by Crippen LogP contribution is -2.34. The molecular weight excluding hydrogens is 392 g/mol. The van der Waals surface area contributed by atoms with Crippen molar-refractivity contribution >= 4 is 44.9 Å². The second-order valence-corrected chi connectivity index (χ2v) is 5.98. The molecule has 0 saturated heterocycles. The van der Waals surface area contributed by atoms with Crippen LogP contribution in [0.2, 0.25) is 0 Å². The third kappa shape index (κ3) is 4.94. The summed E-state index contributed by atoms with van der Waals surface area (Å²) in [6.45, 7) is 2.53. The average molecular weight is 409 g/mol. The number of methoxy groups -OCH3 is 1. The van der Waals surface area contributed by atoms with Crippen LogP contribution in [-0.2, 0) is 0 Å². The van der Waals surface area contributed by atoms with Crippen molar-refractivity contribution in [2.24, 2.45) is 0 Å². The normalized spacial score (nSPS) is 9.96. The summed E-state index contributed by atoms with van der Waals surface area (Å²) in [5.41, 5.74) is 1.23. The summed E-state index contributed by atoms with van der Waals surface area (Å²) in [7, 11) is 1.57. The minimum atomic E-state index is -0.304. The maximum absolute atomic E-state index is 12.2. The molecule has 0 heterocycles. The van der Waals surface area contributed by atoms with Crippen molar-refractivity contribution in [3.8, 4) is 11.5 Å². The fraction of sp³-hybridized carbons (Fsp3) is 0.176. The van der Waals surface area contributed by atoms with Gasteiger partial charge in [0, 0.05) is 11.3 Å². The molecular formula is C17H17BrN2O3S. The Bertz CT molecular complexity index is 735. The Hall–Kier alpha value is -2.12. The van der Waals surface area contributed by atoms with E-state index in [0.29, 0.717) is 22.4 Å². The highest BCUT2D eigenvalue weighted by Gasteiger charge is 2.10. The van der Waals surface area contributed by atoms with Gasteiger partial charge in [0.2, 0.25) is 0 Å². The van der Waals surface area contributed by atoms with Crippen LogP contribution in [0, 0.1) is 0 Å². The number of nitrogens with one attached hydrogen (secondary N) is 2. The molecule has 2 aromatic rings. The van der Waals surface area contributed by atoms with Crippen molar-refractivity contribution in [3.63, 3.8) is 0 Å². The summed E-state index contributed by atoms with van der Waals surface area (Å²) < 4.78 is 11.2. The number of amides is 1. The lowest BCUT2D eigenvalue weighted by molar-refractivity contribution is 0.0977. The molecule has 2 rings (SSSR count). The Balaban J connectivity index is 1.96. The number of hydrogen-bond donors (Lipinski definition) is 2. The highest BCUT2D eigenvalue weighted by molar-refractivity contribution is 9.10. The Morgan fingerprint density at radius 1 is 1.21 bits per heavy atom. The first kappa shape index (κ1) is 18.2. The molecule has 2 N–H and O–H groups in total. The number of rotatable bonds is 5. The molecule has 0 radical (unpaired) electrons. The molecule has 0 aromatic heterocycles. The van der Waals surface area contributed by atoms with Gasteiger partial charge in [0.05, 0.1) is 18.2 Å². The first-order valence-electron chi connectivity index (χ1n) is 7.22. The maximum Gasteiger partial charge on any atom is 0.257 e. The van der Waals surface area contributed by atoms with Gasteiger partial charge in [-0.3, -0.25) is 10.1 Å². The Labute approximate surface area is 154 Å². The zero-order valence-corrected chi connectivity index (χ0v) is 15.7. The molecule has 7 heteroatoms. The van der Waals surface area contributed by atoms with Gasteiger partial charge in [-0.05, 0) is 77.5 Å². The van der Waals surface area contributed by atoms with Crippen LogP contribution in [0.25, 0.3) is 0 Å². The minimum absolute atomic E-state index is 0.219. The molecule has 0 bridgehead atoms. The van der Waals surface area contributed by atoms with Crippen molar-refractivity contribution in [1.82, 2.24) is 5.32 Å². The van der Waals surface area contributed by atoms with E-state index in [-0.39, 0.29) is 11.0 Å². The molecule has 2 aromatic carbocycles. The van der Waals surface area contributed by atoms with E-state index in [2.05, 4.69) is 26.6 Å². The average Bonchev–Trinajstić information content (AvgIpc) is 2.56. The molecule has 5 nitrogen and oxygen atoms in total. The van der Waals surface area contributed by atoms with Crippen LogP contribution in [0.3, 0.4) is 0 Å². The molecule has 0 unspecified atom stereocenters. The predicted molar refractivity (Wildman–Crippen MR) is 102 cm³/mol. The van der Waals surface area contributed by atoms with E-state index in [9.17, 15) is 4.79 Å². The van der Waals surface area contributed by atoms with E-state index < -0.39 is 0 Å². The second-order valence-electron chi connectivity index (χ2n) is 4.71. The van der Waals surface area contributed by atoms with E-state index >= 15 is 0 Å². The number of hydrogen-bond acceptors (Lipinski definition) is 4. The fourth-order valence-corrected chi connectivity index (χ4v) is 2.70. The lowest BCUT2D eigenvalue weighted by Gasteiger charge is -2.11.